The van der Waals surface area contributed by atoms with Crippen LogP contribution in [0.25, 0.3) is 0 Å². The van der Waals surface area contributed by atoms with E-state index in [4.69, 9.17) is 4.74 Å². The molecule has 1 N–H and O–H groups in total. The molecule has 0 spiro atoms. The van der Waals surface area contributed by atoms with Crippen molar-refractivity contribution in [3.8, 4) is 5.75 Å². The summed E-state index contributed by atoms with van der Waals surface area (Å²) in [5.41, 5.74) is 1.90. The normalized spacial score (nSPS) is 11.0. The van der Waals surface area contributed by atoms with Gasteiger partial charge in [-0.15, -0.1) is 0 Å². The highest BCUT2D eigenvalue weighted by molar-refractivity contribution is 7.92. The third-order valence-electron chi connectivity index (χ3n) is 3.50. The first-order chi connectivity index (χ1) is 11.3. The molecule has 0 saturated heterocycles. The number of aryl methyl sites for hydroxylation is 2. The van der Waals surface area contributed by atoms with Crippen molar-refractivity contribution >= 4 is 21.7 Å². The van der Waals surface area contributed by atoms with E-state index in [0.717, 1.165) is 5.56 Å². The van der Waals surface area contributed by atoms with Gasteiger partial charge in [0, 0.05) is 0 Å². The van der Waals surface area contributed by atoms with E-state index in [0.29, 0.717) is 17.0 Å². The number of nitrogens with one attached hydrogen (secondary N) is 1. The van der Waals surface area contributed by atoms with Crippen LogP contribution in [0.5, 0.6) is 5.75 Å². The summed E-state index contributed by atoms with van der Waals surface area (Å²) in [4.78, 5) is 11.7. The number of carbonyl (C=O) groups is 1. The standard InChI is InChI=1S/C17H19NO5S/c1-11-5-8-15(22-3)14(9-11)18-24(20,21)16-10-13(17(19)23-4)7-6-12(16)2/h5-10,18H,1-4H3. The fourth-order valence-electron chi connectivity index (χ4n) is 2.24. The molecule has 0 radical (unpaired) electrons. The topological polar surface area (TPSA) is 81.7 Å². The Labute approximate surface area is 141 Å². The summed E-state index contributed by atoms with van der Waals surface area (Å²) in [5, 5.41) is 0. The first-order valence-corrected chi connectivity index (χ1v) is 8.63. The highest BCUT2D eigenvalue weighted by Crippen LogP contribution is 2.29. The van der Waals surface area contributed by atoms with Gasteiger partial charge in [-0.05, 0) is 49.2 Å². The first-order valence-electron chi connectivity index (χ1n) is 7.15. The highest BCUT2D eigenvalue weighted by Gasteiger charge is 2.21. The van der Waals surface area contributed by atoms with Crippen LogP contribution in [-0.2, 0) is 14.8 Å². The van der Waals surface area contributed by atoms with E-state index in [2.05, 4.69) is 9.46 Å². The summed E-state index contributed by atoms with van der Waals surface area (Å²) >= 11 is 0. The summed E-state index contributed by atoms with van der Waals surface area (Å²) in [7, 11) is -1.19. The van der Waals surface area contributed by atoms with Crippen LogP contribution in [0.4, 0.5) is 5.69 Å². The number of sulfonamides is 1. The molecule has 0 bridgehead atoms. The monoisotopic (exact) mass is 349 g/mol. The molecule has 7 heteroatoms. The minimum atomic E-state index is -3.90. The van der Waals surface area contributed by atoms with E-state index in [-0.39, 0.29) is 10.5 Å². The molecule has 0 fully saturated rings. The molecule has 2 aromatic carbocycles. The van der Waals surface area contributed by atoms with Crippen molar-refractivity contribution in [1.82, 2.24) is 0 Å². The Bertz CT molecular complexity index is 875. The second-order valence-electron chi connectivity index (χ2n) is 5.28. The molecule has 0 aliphatic rings. The summed E-state index contributed by atoms with van der Waals surface area (Å²) in [6.07, 6.45) is 0. The number of ether oxygens (including phenoxy) is 2. The zero-order chi connectivity index (χ0) is 17.9. The van der Waals surface area contributed by atoms with Crippen molar-refractivity contribution in [3.63, 3.8) is 0 Å². The Morgan fingerprint density at radius 3 is 2.38 bits per heavy atom. The molecule has 128 valence electrons. The highest BCUT2D eigenvalue weighted by atomic mass is 32.2. The van der Waals surface area contributed by atoms with Gasteiger partial charge < -0.3 is 9.47 Å². The van der Waals surface area contributed by atoms with Gasteiger partial charge in [-0.3, -0.25) is 4.72 Å². The predicted octanol–water partition coefficient (Wildman–Crippen LogP) is 2.90. The molecule has 6 nitrogen and oxygen atoms in total. The number of carbonyl (C=O) groups excluding carboxylic acids is 1. The number of hydrogen-bond donors (Lipinski definition) is 1. The van der Waals surface area contributed by atoms with Crippen molar-refractivity contribution in [3.05, 3.63) is 53.1 Å². The minimum absolute atomic E-state index is 0.00830. The maximum absolute atomic E-state index is 12.7. The SMILES string of the molecule is COC(=O)c1ccc(C)c(S(=O)(=O)Nc2cc(C)ccc2OC)c1. The molecule has 0 heterocycles. The second kappa shape index (κ2) is 6.92. The number of methoxy groups -OCH3 is 2. The van der Waals surface area contributed by atoms with Gasteiger partial charge in [-0.2, -0.15) is 0 Å². The largest absolute Gasteiger partial charge is 0.495 e. The summed E-state index contributed by atoms with van der Waals surface area (Å²) in [6, 6.07) is 9.56. The average molecular weight is 349 g/mol. The molecule has 2 aromatic rings. The van der Waals surface area contributed by atoms with Crippen molar-refractivity contribution in [2.45, 2.75) is 18.7 Å². The molecule has 2 rings (SSSR count). The summed E-state index contributed by atoms with van der Waals surface area (Å²) in [5.74, 6) is -0.189. The van der Waals surface area contributed by atoms with E-state index < -0.39 is 16.0 Å². The maximum atomic E-state index is 12.7. The molecular weight excluding hydrogens is 330 g/mol. The van der Waals surface area contributed by atoms with Crippen LogP contribution in [-0.4, -0.2) is 28.6 Å². The van der Waals surface area contributed by atoms with E-state index in [1.54, 1.807) is 25.1 Å². The molecule has 0 aromatic heterocycles. The molecule has 0 aliphatic carbocycles. The van der Waals surface area contributed by atoms with E-state index in [9.17, 15) is 13.2 Å². The fourth-order valence-corrected chi connectivity index (χ4v) is 3.57. The van der Waals surface area contributed by atoms with E-state index in [1.165, 1.54) is 26.4 Å². The number of hydrogen-bond acceptors (Lipinski definition) is 5. The van der Waals surface area contributed by atoms with Gasteiger partial charge in [0.1, 0.15) is 5.75 Å². The second-order valence-corrected chi connectivity index (χ2v) is 6.93. The average Bonchev–Trinajstić information content (AvgIpc) is 2.54. The third kappa shape index (κ3) is 3.68. The first kappa shape index (κ1) is 17.8. The fraction of sp³-hybridized carbons (Fsp3) is 0.235. The van der Waals surface area contributed by atoms with Crippen LogP contribution in [0.15, 0.2) is 41.3 Å². The van der Waals surface area contributed by atoms with Gasteiger partial charge in [0.25, 0.3) is 10.0 Å². The van der Waals surface area contributed by atoms with E-state index >= 15 is 0 Å². The quantitative estimate of drug-likeness (QED) is 0.840. The van der Waals surface area contributed by atoms with Gasteiger partial charge in [-0.1, -0.05) is 12.1 Å². The minimum Gasteiger partial charge on any atom is -0.495 e. The maximum Gasteiger partial charge on any atom is 0.337 e. The summed E-state index contributed by atoms with van der Waals surface area (Å²) in [6.45, 7) is 3.50. The van der Waals surface area contributed by atoms with Gasteiger partial charge in [0.2, 0.25) is 0 Å². The number of rotatable bonds is 5. The van der Waals surface area contributed by atoms with Gasteiger partial charge >= 0.3 is 5.97 Å². The van der Waals surface area contributed by atoms with Gasteiger partial charge in [0.05, 0.1) is 30.4 Å². The Kier molecular flexibility index (Phi) is 5.14. The van der Waals surface area contributed by atoms with Crippen molar-refractivity contribution in [2.75, 3.05) is 18.9 Å². The van der Waals surface area contributed by atoms with Gasteiger partial charge in [0.15, 0.2) is 0 Å². The zero-order valence-corrected chi connectivity index (χ0v) is 14.7. The van der Waals surface area contributed by atoms with Crippen LogP contribution in [0, 0.1) is 13.8 Å². The van der Waals surface area contributed by atoms with Crippen molar-refractivity contribution in [1.29, 1.82) is 0 Å². The molecule has 0 amide bonds. The third-order valence-corrected chi connectivity index (χ3v) is 5.01. The number of benzene rings is 2. The van der Waals surface area contributed by atoms with Crippen LogP contribution in [0.2, 0.25) is 0 Å². The molecule has 0 saturated carbocycles. The van der Waals surface area contributed by atoms with Crippen LogP contribution in [0.3, 0.4) is 0 Å². The van der Waals surface area contributed by atoms with Crippen LogP contribution < -0.4 is 9.46 Å². The van der Waals surface area contributed by atoms with Crippen LogP contribution >= 0.6 is 0 Å². The molecule has 0 unspecified atom stereocenters. The number of anilines is 1. The predicted molar refractivity (Wildman–Crippen MR) is 91.1 cm³/mol. The molecular formula is C17H19NO5S. The van der Waals surface area contributed by atoms with Crippen molar-refractivity contribution < 1.29 is 22.7 Å². The summed E-state index contributed by atoms with van der Waals surface area (Å²) < 4.78 is 37.8. The lowest BCUT2D eigenvalue weighted by molar-refractivity contribution is 0.0600. The zero-order valence-electron chi connectivity index (χ0n) is 13.9. The Morgan fingerprint density at radius 1 is 1.04 bits per heavy atom. The molecule has 0 atom stereocenters. The Morgan fingerprint density at radius 2 is 1.75 bits per heavy atom. The smallest absolute Gasteiger partial charge is 0.337 e. The Balaban J connectivity index is 2.48. The Hall–Kier alpha value is -2.54. The van der Waals surface area contributed by atoms with Crippen molar-refractivity contribution in [2.24, 2.45) is 0 Å². The van der Waals surface area contributed by atoms with Gasteiger partial charge in [-0.25, -0.2) is 13.2 Å². The number of esters is 1. The lowest BCUT2D eigenvalue weighted by Gasteiger charge is -2.14. The van der Waals surface area contributed by atoms with E-state index in [1.807, 2.05) is 13.0 Å². The molecule has 0 aliphatic heterocycles. The lowest BCUT2D eigenvalue weighted by Crippen LogP contribution is -2.16. The molecule has 24 heavy (non-hydrogen) atoms. The van der Waals surface area contributed by atoms with Crippen LogP contribution in [0.1, 0.15) is 21.5 Å². The lowest BCUT2D eigenvalue weighted by atomic mass is 10.1.